The number of ether oxygens (including phenoxy) is 2. The van der Waals surface area contributed by atoms with E-state index in [0.29, 0.717) is 13.2 Å². The minimum atomic E-state index is -0.498. The second kappa shape index (κ2) is 8.70. The van der Waals surface area contributed by atoms with Crippen LogP contribution in [0.5, 0.6) is 5.75 Å². The van der Waals surface area contributed by atoms with Crippen LogP contribution in [0.25, 0.3) is 0 Å². The van der Waals surface area contributed by atoms with Crippen molar-refractivity contribution < 1.29 is 14.6 Å². The van der Waals surface area contributed by atoms with Crippen molar-refractivity contribution in [2.45, 2.75) is 46.3 Å². The van der Waals surface area contributed by atoms with E-state index in [9.17, 15) is 5.11 Å². The largest absolute Gasteiger partial charge is 0.497 e. The normalized spacial score (nSPS) is 22.2. The van der Waals surface area contributed by atoms with Gasteiger partial charge in [0.15, 0.2) is 0 Å². The van der Waals surface area contributed by atoms with Crippen LogP contribution in [0.3, 0.4) is 0 Å². The molecule has 0 amide bonds. The molecule has 0 aliphatic heterocycles. The summed E-state index contributed by atoms with van der Waals surface area (Å²) in [5.74, 6) is 0.878. The Morgan fingerprint density at radius 2 is 1.96 bits per heavy atom. The van der Waals surface area contributed by atoms with Crippen LogP contribution in [0, 0.1) is 11.3 Å². The van der Waals surface area contributed by atoms with Crippen molar-refractivity contribution in [1.82, 2.24) is 0 Å². The van der Waals surface area contributed by atoms with E-state index in [2.05, 4.69) is 20.1 Å². The topological polar surface area (TPSA) is 38.7 Å². The smallest absolute Gasteiger partial charge is 0.118 e. The number of aliphatic hydroxyl groups is 1. The van der Waals surface area contributed by atoms with E-state index >= 15 is 0 Å². The molecule has 1 N–H and O–H groups in total. The summed E-state index contributed by atoms with van der Waals surface area (Å²) in [6.45, 7) is 15.4. The molecule has 0 bridgehead atoms. The summed E-state index contributed by atoms with van der Waals surface area (Å²) in [5, 5.41) is 10.7. The van der Waals surface area contributed by atoms with Crippen LogP contribution in [-0.2, 0) is 11.3 Å². The summed E-state index contributed by atoms with van der Waals surface area (Å²) >= 11 is 0. The van der Waals surface area contributed by atoms with Gasteiger partial charge in [0, 0.05) is 5.92 Å². The number of methoxy groups -OCH3 is 1. The van der Waals surface area contributed by atoms with Crippen LogP contribution in [0.2, 0.25) is 0 Å². The maximum Gasteiger partial charge on any atom is 0.118 e. The van der Waals surface area contributed by atoms with E-state index in [4.69, 9.17) is 9.47 Å². The minimum Gasteiger partial charge on any atom is -0.497 e. The highest BCUT2D eigenvalue weighted by Gasteiger charge is 2.38. The molecule has 1 aliphatic rings. The van der Waals surface area contributed by atoms with Gasteiger partial charge in [0.05, 0.1) is 26.4 Å². The van der Waals surface area contributed by atoms with E-state index in [1.165, 1.54) is 5.57 Å². The fourth-order valence-corrected chi connectivity index (χ4v) is 3.56. The number of benzene rings is 1. The first-order valence-corrected chi connectivity index (χ1v) is 9.19. The maximum atomic E-state index is 10.7. The molecule has 1 aromatic rings. The van der Waals surface area contributed by atoms with Gasteiger partial charge in [-0.3, -0.25) is 0 Å². The van der Waals surface area contributed by atoms with Gasteiger partial charge < -0.3 is 14.6 Å². The highest BCUT2D eigenvalue weighted by molar-refractivity contribution is 5.40. The summed E-state index contributed by atoms with van der Waals surface area (Å²) < 4.78 is 11.2. The summed E-state index contributed by atoms with van der Waals surface area (Å²) in [5.41, 5.74) is 4.44. The van der Waals surface area contributed by atoms with Crippen LogP contribution in [-0.4, -0.2) is 24.9 Å². The summed E-state index contributed by atoms with van der Waals surface area (Å²) in [6.07, 6.45) is 3.03. The lowest BCUT2D eigenvalue weighted by atomic mass is 9.85. The predicted octanol–water partition coefficient (Wildman–Crippen LogP) is 5.07. The van der Waals surface area contributed by atoms with Crippen molar-refractivity contribution in [2.75, 3.05) is 13.7 Å². The molecule has 3 heteroatoms. The monoisotopic (exact) mass is 356 g/mol. The minimum absolute atomic E-state index is 0.0159. The van der Waals surface area contributed by atoms with Gasteiger partial charge in [0.1, 0.15) is 5.75 Å². The van der Waals surface area contributed by atoms with E-state index in [1.54, 1.807) is 7.11 Å². The molecule has 0 saturated carbocycles. The quantitative estimate of drug-likeness (QED) is 0.628. The molecule has 3 atom stereocenters. The van der Waals surface area contributed by atoms with Crippen LogP contribution < -0.4 is 4.74 Å². The number of hydrogen-bond acceptors (Lipinski definition) is 3. The standard InChI is InChI=1S/C23H32O3/c1-7-17(4)22(24)21-13-23(5,12-20(21)16(2)3)15-26-14-18-8-10-19(25-6)11-9-18/h7-11,17,22,24H,1-2,12-15H2,3-6H3. The third kappa shape index (κ3) is 4.87. The molecule has 0 fully saturated rings. The lowest BCUT2D eigenvalue weighted by Crippen LogP contribution is -2.24. The van der Waals surface area contributed by atoms with Gasteiger partial charge in [0.25, 0.3) is 0 Å². The Bertz CT molecular complexity index is 671. The number of aliphatic hydroxyl groups excluding tert-OH is 1. The fraction of sp³-hybridized carbons (Fsp3) is 0.478. The molecule has 0 heterocycles. The molecule has 0 radical (unpaired) electrons. The molecule has 1 aliphatic carbocycles. The Morgan fingerprint density at radius 1 is 1.31 bits per heavy atom. The molecule has 1 aromatic carbocycles. The average Bonchev–Trinajstić information content (AvgIpc) is 2.99. The molecule has 0 spiro atoms. The number of rotatable bonds is 9. The lowest BCUT2D eigenvalue weighted by Gasteiger charge is -2.26. The number of allylic oxidation sites excluding steroid dienone is 2. The summed E-state index contributed by atoms with van der Waals surface area (Å²) in [7, 11) is 1.66. The average molecular weight is 357 g/mol. The Morgan fingerprint density at radius 3 is 2.50 bits per heavy atom. The zero-order chi connectivity index (χ0) is 19.3. The maximum absolute atomic E-state index is 10.7. The number of hydrogen-bond donors (Lipinski definition) is 1. The van der Waals surface area contributed by atoms with Gasteiger partial charge in [0.2, 0.25) is 0 Å². The van der Waals surface area contributed by atoms with Gasteiger partial charge in [-0.05, 0) is 54.0 Å². The van der Waals surface area contributed by atoms with Crippen LogP contribution in [0.15, 0.2) is 60.2 Å². The van der Waals surface area contributed by atoms with Crippen LogP contribution in [0.1, 0.15) is 39.2 Å². The summed E-state index contributed by atoms with van der Waals surface area (Å²) in [4.78, 5) is 0. The van der Waals surface area contributed by atoms with Crippen LogP contribution in [0.4, 0.5) is 0 Å². The van der Waals surface area contributed by atoms with E-state index < -0.39 is 6.10 Å². The van der Waals surface area contributed by atoms with Crippen molar-refractivity contribution in [3.63, 3.8) is 0 Å². The van der Waals surface area contributed by atoms with Crippen LogP contribution >= 0.6 is 0 Å². The van der Waals surface area contributed by atoms with Crippen molar-refractivity contribution in [2.24, 2.45) is 11.3 Å². The SMILES string of the molecule is C=CC(C)C(O)C1=C(C(=C)C)CC(C)(COCc2ccc(OC)cc2)C1. The highest BCUT2D eigenvalue weighted by Crippen LogP contribution is 2.46. The van der Waals surface area contributed by atoms with Gasteiger partial charge in [-0.1, -0.05) is 44.2 Å². The van der Waals surface area contributed by atoms with Gasteiger partial charge in [-0.25, -0.2) is 0 Å². The molecule has 142 valence electrons. The van der Waals surface area contributed by atoms with Crippen molar-refractivity contribution in [1.29, 1.82) is 0 Å². The molecule has 0 aromatic heterocycles. The second-order valence-corrected chi connectivity index (χ2v) is 7.83. The molecule has 2 rings (SSSR count). The molecule has 0 saturated heterocycles. The van der Waals surface area contributed by atoms with Gasteiger partial charge in [-0.15, -0.1) is 6.58 Å². The first-order chi connectivity index (χ1) is 12.3. The Kier molecular flexibility index (Phi) is 6.85. The highest BCUT2D eigenvalue weighted by atomic mass is 16.5. The molecule has 26 heavy (non-hydrogen) atoms. The van der Waals surface area contributed by atoms with Gasteiger partial charge >= 0.3 is 0 Å². The van der Waals surface area contributed by atoms with Crippen molar-refractivity contribution in [3.05, 3.63) is 65.8 Å². The van der Waals surface area contributed by atoms with E-state index in [0.717, 1.165) is 35.3 Å². The fourth-order valence-electron chi connectivity index (χ4n) is 3.56. The molecule has 3 unspecified atom stereocenters. The third-order valence-corrected chi connectivity index (χ3v) is 5.23. The summed E-state index contributed by atoms with van der Waals surface area (Å²) in [6, 6.07) is 7.94. The van der Waals surface area contributed by atoms with Crippen molar-refractivity contribution >= 4 is 0 Å². The zero-order valence-electron chi connectivity index (χ0n) is 16.5. The van der Waals surface area contributed by atoms with Crippen molar-refractivity contribution in [3.8, 4) is 5.75 Å². The predicted molar refractivity (Wildman–Crippen MR) is 107 cm³/mol. The molecule has 3 nitrogen and oxygen atoms in total. The molecular weight excluding hydrogens is 324 g/mol. The third-order valence-electron chi connectivity index (χ3n) is 5.23. The van der Waals surface area contributed by atoms with Gasteiger partial charge in [-0.2, -0.15) is 0 Å². The van der Waals surface area contributed by atoms with E-state index in [-0.39, 0.29) is 11.3 Å². The first kappa shape index (κ1) is 20.5. The Labute approximate surface area is 158 Å². The first-order valence-electron chi connectivity index (χ1n) is 9.19. The van der Waals surface area contributed by atoms with E-state index in [1.807, 2.05) is 44.2 Å². The second-order valence-electron chi connectivity index (χ2n) is 7.83. The Hall–Kier alpha value is -1.84. The lowest BCUT2D eigenvalue weighted by molar-refractivity contribution is 0.0446. The Balaban J connectivity index is 1.99. The molecular formula is C23H32O3. The zero-order valence-corrected chi connectivity index (χ0v) is 16.5.